The van der Waals surface area contributed by atoms with E-state index in [4.69, 9.17) is 4.52 Å². The van der Waals surface area contributed by atoms with E-state index in [1.807, 2.05) is 6.07 Å². The van der Waals surface area contributed by atoms with Crippen molar-refractivity contribution in [2.24, 2.45) is 4.99 Å². The quantitative estimate of drug-likeness (QED) is 0.593. The van der Waals surface area contributed by atoms with Crippen molar-refractivity contribution < 1.29 is 4.52 Å². The molecule has 0 saturated heterocycles. The summed E-state index contributed by atoms with van der Waals surface area (Å²) in [5.74, 6) is 1.93. The van der Waals surface area contributed by atoms with Crippen LogP contribution >= 0.6 is 11.3 Å². The molecular formula is C17H27N5OS. The van der Waals surface area contributed by atoms with Crippen molar-refractivity contribution in [1.82, 2.24) is 20.8 Å². The Labute approximate surface area is 147 Å². The zero-order valence-electron chi connectivity index (χ0n) is 15.1. The van der Waals surface area contributed by atoms with Crippen LogP contribution in [0.15, 0.2) is 15.6 Å². The number of nitrogens with one attached hydrogen (secondary N) is 2. The van der Waals surface area contributed by atoms with Gasteiger partial charge in [0.25, 0.3) is 0 Å². The maximum atomic E-state index is 5.32. The largest absolute Gasteiger partial charge is 0.359 e. The molecule has 2 heterocycles. The zero-order chi connectivity index (χ0) is 17.5. The van der Waals surface area contributed by atoms with E-state index >= 15 is 0 Å². The minimum Gasteiger partial charge on any atom is -0.359 e. The third kappa shape index (κ3) is 5.33. The Bertz CT molecular complexity index is 655. The maximum Gasteiger partial charge on any atom is 0.191 e. The summed E-state index contributed by atoms with van der Waals surface area (Å²) in [5.41, 5.74) is 2.09. The van der Waals surface area contributed by atoms with E-state index in [9.17, 15) is 0 Å². The van der Waals surface area contributed by atoms with E-state index in [1.165, 1.54) is 4.88 Å². The van der Waals surface area contributed by atoms with Gasteiger partial charge in [-0.3, -0.25) is 0 Å². The number of nitrogens with zero attached hydrogens (tertiary/aromatic N) is 3. The molecule has 2 N–H and O–H groups in total. The number of aromatic nitrogens is 2. The van der Waals surface area contributed by atoms with Crippen LogP contribution in [-0.4, -0.2) is 29.2 Å². The molecule has 0 aliphatic heterocycles. The Morgan fingerprint density at radius 3 is 2.71 bits per heavy atom. The highest BCUT2D eigenvalue weighted by Gasteiger charge is 2.08. The Morgan fingerprint density at radius 1 is 1.33 bits per heavy atom. The molecule has 2 rings (SSSR count). The lowest BCUT2D eigenvalue weighted by molar-refractivity contribution is 0.376. The van der Waals surface area contributed by atoms with E-state index in [-0.39, 0.29) is 0 Å². The fourth-order valence-corrected chi connectivity index (χ4v) is 3.04. The first-order valence-electron chi connectivity index (χ1n) is 8.40. The summed E-state index contributed by atoms with van der Waals surface area (Å²) in [6.45, 7) is 12.5. The summed E-state index contributed by atoms with van der Waals surface area (Å²) >= 11 is 1.76. The molecule has 0 unspecified atom stereocenters. The first kappa shape index (κ1) is 18.4. The van der Waals surface area contributed by atoms with Crippen LogP contribution in [-0.2, 0) is 13.0 Å². The van der Waals surface area contributed by atoms with Gasteiger partial charge in [0, 0.05) is 30.5 Å². The topological polar surface area (TPSA) is 75.3 Å². The van der Waals surface area contributed by atoms with Crippen molar-refractivity contribution in [1.29, 1.82) is 0 Å². The van der Waals surface area contributed by atoms with Crippen molar-refractivity contribution >= 4 is 17.3 Å². The highest BCUT2D eigenvalue weighted by molar-refractivity contribution is 7.11. The van der Waals surface area contributed by atoms with Gasteiger partial charge >= 0.3 is 0 Å². The number of hydrogen-bond donors (Lipinski definition) is 2. The van der Waals surface area contributed by atoms with Crippen molar-refractivity contribution in [3.05, 3.63) is 33.1 Å². The van der Waals surface area contributed by atoms with Gasteiger partial charge in [-0.2, -0.15) is 0 Å². The first-order valence-corrected chi connectivity index (χ1v) is 9.21. The summed E-state index contributed by atoms with van der Waals surface area (Å²) in [7, 11) is 0. The fourth-order valence-electron chi connectivity index (χ4n) is 2.11. The lowest BCUT2D eigenvalue weighted by Gasteiger charge is -2.09. The van der Waals surface area contributed by atoms with Gasteiger partial charge in [-0.05, 0) is 26.7 Å². The van der Waals surface area contributed by atoms with Gasteiger partial charge in [-0.1, -0.05) is 19.0 Å². The summed E-state index contributed by atoms with van der Waals surface area (Å²) in [4.78, 5) is 10.4. The summed E-state index contributed by atoms with van der Waals surface area (Å²) in [6.07, 6.45) is 0.892. The molecule has 132 valence electrons. The van der Waals surface area contributed by atoms with Crippen LogP contribution in [0, 0.1) is 13.8 Å². The highest BCUT2D eigenvalue weighted by Crippen LogP contribution is 2.16. The predicted octanol–water partition coefficient (Wildman–Crippen LogP) is 3.17. The zero-order valence-corrected chi connectivity index (χ0v) is 16.0. The number of thiazole rings is 1. The minimum atomic E-state index is 0.364. The summed E-state index contributed by atoms with van der Waals surface area (Å²) < 4.78 is 5.32. The van der Waals surface area contributed by atoms with Crippen LogP contribution < -0.4 is 10.6 Å². The molecule has 24 heavy (non-hydrogen) atoms. The van der Waals surface area contributed by atoms with E-state index in [0.29, 0.717) is 12.5 Å². The molecule has 0 saturated carbocycles. The molecular weight excluding hydrogens is 322 g/mol. The van der Waals surface area contributed by atoms with Crippen molar-refractivity contribution in [3.8, 4) is 0 Å². The second kappa shape index (κ2) is 8.82. The second-order valence-corrected chi connectivity index (χ2v) is 7.28. The number of hydrogen-bond acceptors (Lipinski definition) is 5. The Morgan fingerprint density at radius 2 is 2.12 bits per heavy atom. The maximum absolute atomic E-state index is 5.32. The molecule has 0 fully saturated rings. The van der Waals surface area contributed by atoms with Gasteiger partial charge < -0.3 is 15.2 Å². The monoisotopic (exact) mass is 349 g/mol. The van der Waals surface area contributed by atoms with Crippen LogP contribution in [0.25, 0.3) is 0 Å². The third-order valence-electron chi connectivity index (χ3n) is 3.61. The lowest BCUT2D eigenvalue weighted by Crippen LogP contribution is -2.38. The van der Waals surface area contributed by atoms with Gasteiger partial charge in [-0.15, -0.1) is 11.3 Å². The van der Waals surface area contributed by atoms with Crippen molar-refractivity contribution in [2.45, 2.75) is 53.5 Å². The van der Waals surface area contributed by atoms with Crippen LogP contribution in [0.5, 0.6) is 0 Å². The van der Waals surface area contributed by atoms with Gasteiger partial charge in [0.2, 0.25) is 0 Å². The molecule has 7 heteroatoms. The van der Waals surface area contributed by atoms with Crippen molar-refractivity contribution in [2.75, 3.05) is 13.1 Å². The molecule has 0 aliphatic rings. The molecule has 0 radical (unpaired) electrons. The SMILES string of the molecule is CCNC(=NCc1cc(C(C)C)no1)NCCc1nc(C)c(C)s1. The van der Waals surface area contributed by atoms with Gasteiger partial charge in [0.05, 0.1) is 16.4 Å². The minimum absolute atomic E-state index is 0.364. The van der Waals surface area contributed by atoms with E-state index in [1.54, 1.807) is 11.3 Å². The molecule has 6 nitrogen and oxygen atoms in total. The number of rotatable bonds is 7. The smallest absolute Gasteiger partial charge is 0.191 e. The number of aryl methyl sites for hydroxylation is 2. The van der Waals surface area contributed by atoms with Gasteiger partial charge in [-0.25, -0.2) is 9.98 Å². The van der Waals surface area contributed by atoms with Gasteiger partial charge in [0.1, 0.15) is 6.54 Å². The normalized spacial score (nSPS) is 12.0. The molecule has 0 atom stereocenters. The van der Waals surface area contributed by atoms with E-state index in [0.717, 1.165) is 47.6 Å². The molecule has 0 bridgehead atoms. The third-order valence-corrected chi connectivity index (χ3v) is 4.74. The number of guanidine groups is 1. The van der Waals surface area contributed by atoms with E-state index in [2.05, 4.69) is 60.4 Å². The number of aliphatic imine (C=N–C) groups is 1. The standard InChI is InChI=1S/C17H27N5OS/c1-6-18-17(19-8-7-16-21-12(4)13(5)24-16)20-10-14-9-15(11(2)3)22-23-14/h9,11H,6-8,10H2,1-5H3,(H2,18,19,20). The molecule has 2 aromatic rings. The average molecular weight is 350 g/mol. The van der Waals surface area contributed by atoms with E-state index < -0.39 is 0 Å². The Balaban J connectivity index is 1.87. The first-order chi connectivity index (χ1) is 11.5. The predicted molar refractivity (Wildman–Crippen MR) is 98.7 cm³/mol. The molecule has 0 amide bonds. The lowest BCUT2D eigenvalue weighted by atomic mass is 10.1. The van der Waals surface area contributed by atoms with Crippen LogP contribution in [0.1, 0.15) is 53.7 Å². The van der Waals surface area contributed by atoms with Crippen molar-refractivity contribution in [3.63, 3.8) is 0 Å². The molecule has 0 aliphatic carbocycles. The van der Waals surface area contributed by atoms with Crippen LogP contribution in [0.4, 0.5) is 0 Å². The second-order valence-electron chi connectivity index (χ2n) is 5.99. The molecule has 2 aromatic heterocycles. The highest BCUT2D eigenvalue weighted by atomic mass is 32.1. The Kier molecular flexibility index (Phi) is 6.78. The summed E-state index contributed by atoms with van der Waals surface area (Å²) in [5, 5.41) is 11.8. The molecule has 0 spiro atoms. The Hall–Kier alpha value is -1.89. The van der Waals surface area contributed by atoms with Crippen LogP contribution in [0.3, 0.4) is 0 Å². The average Bonchev–Trinajstić information content (AvgIpc) is 3.12. The molecule has 0 aromatic carbocycles. The summed E-state index contributed by atoms with van der Waals surface area (Å²) in [6, 6.07) is 1.97. The van der Waals surface area contributed by atoms with Crippen LogP contribution in [0.2, 0.25) is 0 Å². The fraction of sp³-hybridized carbons (Fsp3) is 0.588. The van der Waals surface area contributed by atoms with Gasteiger partial charge in [0.15, 0.2) is 11.7 Å².